The minimum absolute atomic E-state index is 0.0390. The van der Waals surface area contributed by atoms with Crippen LogP contribution in [0.2, 0.25) is 0 Å². The molecular weight excluding hydrogens is 314 g/mol. The standard InChI is InChI=1S/C15H17N5O4/c1-2-3-8-16-13-12(20(23)24)14(18-9-17-13)19-11-6-4-10(5-7-11)15(21)22/h4-7,9H,2-3,8H2,1H3,(H,21,22)(H2,16,17,18,19). The number of nitrogens with one attached hydrogen (secondary N) is 2. The summed E-state index contributed by atoms with van der Waals surface area (Å²) in [4.78, 5) is 29.5. The second-order valence-corrected chi connectivity index (χ2v) is 4.96. The quantitative estimate of drug-likeness (QED) is 0.382. The fourth-order valence-corrected chi connectivity index (χ4v) is 1.99. The number of nitro groups is 1. The SMILES string of the molecule is CCCCNc1ncnc(Nc2ccc(C(=O)O)cc2)c1[N+](=O)[O-]. The molecule has 126 valence electrons. The first-order chi connectivity index (χ1) is 11.5. The van der Waals surface area contributed by atoms with Crippen molar-refractivity contribution < 1.29 is 14.8 Å². The number of carbonyl (C=O) groups is 1. The Labute approximate surface area is 137 Å². The van der Waals surface area contributed by atoms with Crippen LogP contribution in [0.5, 0.6) is 0 Å². The zero-order chi connectivity index (χ0) is 17.5. The fraction of sp³-hybridized carbons (Fsp3) is 0.267. The van der Waals surface area contributed by atoms with Crippen LogP contribution in [0.1, 0.15) is 30.1 Å². The second-order valence-electron chi connectivity index (χ2n) is 4.96. The van der Waals surface area contributed by atoms with Gasteiger partial charge in [-0.2, -0.15) is 0 Å². The van der Waals surface area contributed by atoms with E-state index in [1.807, 2.05) is 6.92 Å². The van der Waals surface area contributed by atoms with Crippen molar-refractivity contribution in [3.05, 3.63) is 46.3 Å². The summed E-state index contributed by atoms with van der Waals surface area (Å²) in [7, 11) is 0. The van der Waals surface area contributed by atoms with Gasteiger partial charge < -0.3 is 15.7 Å². The number of hydrogen-bond donors (Lipinski definition) is 3. The molecule has 0 aliphatic carbocycles. The summed E-state index contributed by atoms with van der Waals surface area (Å²) in [6.45, 7) is 2.59. The van der Waals surface area contributed by atoms with E-state index in [1.54, 1.807) is 0 Å². The van der Waals surface area contributed by atoms with Crippen molar-refractivity contribution in [2.24, 2.45) is 0 Å². The maximum Gasteiger partial charge on any atom is 0.353 e. The van der Waals surface area contributed by atoms with Crippen molar-refractivity contribution in [1.29, 1.82) is 0 Å². The van der Waals surface area contributed by atoms with E-state index in [2.05, 4.69) is 20.6 Å². The highest BCUT2D eigenvalue weighted by atomic mass is 16.6. The molecule has 0 unspecified atom stereocenters. The third-order valence-corrected chi connectivity index (χ3v) is 3.22. The predicted octanol–water partition coefficient (Wildman–Crippen LogP) is 3.04. The van der Waals surface area contributed by atoms with Gasteiger partial charge in [0, 0.05) is 12.2 Å². The Morgan fingerprint density at radius 1 is 1.25 bits per heavy atom. The lowest BCUT2D eigenvalue weighted by Crippen LogP contribution is -2.09. The average Bonchev–Trinajstić information content (AvgIpc) is 2.55. The van der Waals surface area contributed by atoms with Crippen molar-refractivity contribution in [2.45, 2.75) is 19.8 Å². The summed E-state index contributed by atoms with van der Waals surface area (Å²) in [5, 5.41) is 26.0. The summed E-state index contributed by atoms with van der Waals surface area (Å²) in [6.07, 6.45) is 3.04. The molecule has 0 aliphatic heterocycles. The van der Waals surface area contributed by atoms with Gasteiger partial charge >= 0.3 is 11.7 Å². The van der Waals surface area contributed by atoms with Crippen LogP contribution in [0.4, 0.5) is 23.0 Å². The molecule has 1 heterocycles. The summed E-state index contributed by atoms with van der Waals surface area (Å²) < 4.78 is 0. The van der Waals surface area contributed by atoms with Gasteiger partial charge in [0.05, 0.1) is 10.5 Å². The first-order valence-corrected chi connectivity index (χ1v) is 7.36. The molecule has 24 heavy (non-hydrogen) atoms. The van der Waals surface area contributed by atoms with Crippen LogP contribution in [0.3, 0.4) is 0 Å². The number of benzene rings is 1. The molecule has 0 spiro atoms. The van der Waals surface area contributed by atoms with Crippen molar-refractivity contribution >= 4 is 29.0 Å². The van der Waals surface area contributed by atoms with Crippen molar-refractivity contribution in [3.8, 4) is 0 Å². The molecule has 9 nitrogen and oxygen atoms in total. The molecule has 9 heteroatoms. The van der Waals surface area contributed by atoms with Gasteiger partial charge in [0.25, 0.3) is 0 Å². The van der Waals surface area contributed by atoms with Crippen LogP contribution in [0, 0.1) is 10.1 Å². The molecule has 2 aromatic rings. The first-order valence-electron chi connectivity index (χ1n) is 7.36. The zero-order valence-corrected chi connectivity index (χ0v) is 13.0. The Morgan fingerprint density at radius 3 is 2.50 bits per heavy atom. The van der Waals surface area contributed by atoms with Gasteiger partial charge in [0.1, 0.15) is 6.33 Å². The van der Waals surface area contributed by atoms with E-state index in [0.717, 1.165) is 12.8 Å². The minimum atomic E-state index is -1.04. The lowest BCUT2D eigenvalue weighted by atomic mass is 10.2. The third kappa shape index (κ3) is 4.15. The number of rotatable bonds is 8. The highest BCUT2D eigenvalue weighted by molar-refractivity contribution is 5.88. The number of aromatic carboxylic acids is 1. The first kappa shape index (κ1) is 17.1. The van der Waals surface area contributed by atoms with E-state index in [4.69, 9.17) is 5.11 Å². The monoisotopic (exact) mass is 331 g/mol. The predicted molar refractivity (Wildman–Crippen MR) is 88.8 cm³/mol. The maximum absolute atomic E-state index is 11.4. The van der Waals surface area contributed by atoms with Crippen LogP contribution in [0.25, 0.3) is 0 Å². The lowest BCUT2D eigenvalue weighted by molar-refractivity contribution is -0.383. The van der Waals surface area contributed by atoms with E-state index in [9.17, 15) is 14.9 Å². The molecule has 0 saturated carbocycles. The number of carboxylic acids is 1. The van der Waals surface area contributed by atoms with Crippen LogP contribution >= 0.6 is 0 Å². The molecule has 0 atom stereocenters. The second kappa shape index (κ2) is 7.86. The molecular formula is C15H17N5O4. The highest BCUT2D eigenvalue weighted by Gasteiger charge is 2.22. The van der Waals surface area contributed by atoms with Crippen LogP contribution in [0.15, 0.2) is 30.6 Å². The van der Waals surface area contributed by atoms with Gasteiger partial charge in [-0.25, -0.2) is 14.8 Å². The van der Waals surface area contributed by atoms with E-state index in [-0.39, 0.29) is 22.9 Å². The Bertz CT molecular complexity index is 733. The molecule has 0 bridgehead atoms. The Kier molecular flexibility index (Phi) is 5.61. The minimum Gasteiger partial charge on any atom is -0.478 e. The number of nitrogens with zero attached hydrogens (tertiary/aromatic N) is 3. The molecule has 0 saturated heterocycles. The van der Waals surface area contributed by atoms with E-state index >= 15 is 0 Å². The smallest absolute Gasteiger partial charge is 0.353 e. The highest BCUT2D eigenvalue weighted by Crippen LogP contribution is 2.31. The number of aromatic nitrogens is 2. The number of anilines is 3. The molecule has 0 aliphatic rings. The number of hydrogen-bond acceptors (Lipinski definition) is 7. The van der Waals surface area contributed by atoms with Crippen LogP contribution < -0.4 is 10.6 Å². The zero-order valence-electron chi connectivity index (χ0n) is 13.0. The maximum atomic E-state index is 11.4. The largest absolute Gasteiger partial charge is 0.478 e. The van der Waals surface area contributed by atoms with Crippen molar-refractivity contribution in [2.75, 3.05) is 17.2 Å². The Hall–Kier alpha value is -3.23. The van der Waals surface area contributed by atoms with E-state index < -0.39 is 10.9 Å². The van der Waals surface area contributed by atoms with Gasteiger partial charge in [-0.1, -0.05) is 13.3 Å². The summed E-state index contributed by atoms with van der Waals surface area (Å²) in [6, 6.07) is 5.83. The van der Waals surface area contributed by atoms with Crippen LogP contribution in [-0.2, 0) is 0 Å². The molecule has 1 aromatic heterocycles. The normalized spacial score (nSPS) is 10.2. The van der Waals surface area contributed by atoms with Crippen molar-refractivity contribution in [3.63, 3.8) is 0 Å². The van der Waals surface area contributed by atoms with E-state index in [0.29, 0.717) is 12.2 Å². The summed E-state index contributed by atoms with van der Waals surface area (Å²) >= 11 is 0. The van der Waals surface area contributed by atoms with Gasteiger partial charge in [0.2, 0.25) is 11.6 Å². The Morgan fingerprint density at radius 2 is 1.92 bits per heavy atom. The van der Waals surface area contributed by atoms with Gasteiger partial charge in [-0.3, -0.25) is 10.1 Å². The van der Waals surface area contributed by atoms with Crippen molar-refractivity contribution in [1.82, 2.24) is 9.97 Å². The third-order valence-electron chi connectivity index (χ3n) is 3.22. The lowest BCUT2D eigenvalue weighted by Gasteiger charge is -2.10. The molecule has 0 amide bonds. The molecule has 0 radical (unpaired) electrons. The summed E-state index contributed by atoms with van der Waals surface area (Å²) in [5.41, 5.74) is 0.358. The Balaban J connectivity index is 2.27. The topological polar surface area (TPSA) is 130 Å². The average molecular weight is 331 g/mol. The van der Waals surface area contributed by atoms with Gasteiger partial charge in [-0.15, -0.1) is 0 Å². The van der Waals surface area contributed by atoms with Crippen LogP contribution in [-0.4, -0.2) is 32.5 Å². The van der Waals surface area contributed by atoms with Gasteiger partial charge in [-0.05, 0) is 30.7 Å². The molecule has 3 N–H and O–H groups in total. The molecule has 2 rings (SSSR count). The van der Waals surface area contributed by atoms with E-state index in [1.165, 1.54) is 30.6 Å². The number of carboxylic acid groups (broad SMARTS) is 1. The van der Waals surface area contributed by atoms with Gasteiger partial charge in [0.15, 0.2) is 0 Å². The fourth-order valence-electron chi connectivity index (χ4n) is 1.99. The summed E-state index contributed by atoms with van der Waals surface area (Å²) in [5.74, 6) is -0.859. The number of unbranched alkanes of at least 4 members (excludes halogenated alkanes) is 1. The molecule has 1 aromatic carbocycles. The molecule has 0 fully saturated rings.